The van der Waals surface area contributed by atoms with Crippen LogP contribution in [0.3, 0.4) is 0 Å². The van der Waals surface area contributed by atoms with Crippen LogP contribution >= 0.6 is 0 Å². The highest BCUT2D eigenvalue weighted by atomic mass is 32.2. The molecular formula is C35H45N3O8S2. The van der Waals surface area contributed by atoms with Gasteiger partial charge in [-0.05, 0) is 85.5 Å². The van der Waals surface area contributed by atoms with Gasteiger partial charge in [0.25, 0.3) is 0 Å². The van der Waals surface area contributed by atoms with E-state index in [9.17, 15) is 27.0 Å². The van der Waals surface area contributed by atoms with Crippen molar-refractivity contribution < 1.29 is 36.5 Å². The molecular weight excluding hydrogens is 655 g/mol. The molecule has 3 aliphatic rings. The average molecular weight is 700 g/mol. The van der Waals surface area contributed by atoms with Crippen molar-refractivity contribution in [1.82, 2.24) is 9.62 Å². The van der Waals surface area contributed by atoms with Crippen LogP contribution in [0.4, 0.5) is 0 Å². The molecule has 0 aromatic heterocycles. The first-order valence-electron chi connectivity index (χ1n) is 16.4. The second kappa shape index (κ2) is 13.8. The van der Waals surface area contributed by atoms with E-state index in [1.165, 1.54) is 12.1 Å². The maximum absolute atomic E-state index is 13.8. The number of rotatable bonds is 13. The number of nitrogens with two attached hydrogens (primary N) is 1. The van der Waals surface area contributed by atoms with Crippen molar-refractivity contribution in [3.05, 3.63) is 77.9 Å². The van der Waals surface area contributed by atoms with Gasteiger partial charge in [-0.2, -0.15) is 4.31 Å². The Morgan fingerprint density at radius 3 is 2.40 bits per heavy atom. The third-order valence-corrected chi connectivity index (χ3v) is 14.7. The summed E-state index contributed by atoms with van der Waals surface area (Å²) < 4.78 is 65.9. The number of ether oxygens (including phenoxy) is 2. The molecule has 1 saturated carbocycles. The average Bonchev–Trinajstić information content (AvgIpc) is 3.83. The summed E-state index contributed by atoms with van der Waals surface area (Å²) in [6, 6.07) is 19.4. The van der Waals surface area contributed by atoms with Gasteiger partial charge in [-0.15, -0.1) is 0 Å². The van der Waals surface area contributed by atoms with Crippen molar-refractivity contribution in [2.75, 3.05) is 39.5 Å². The maximum Gasteiger partial charge on any atom is 0.243 e. The van der Waals surface area contributed by atoms with E-state index in [4.69, 9.17) is 15.2 Å². The predicted octanol–water partition coefficient (Wildman–Crippen LogP) is 2.76. The van der Waals surface area contributed by atoms with Crippen molar-refractivity contribution in [2.45, 2.75) is 77.9 Å². The minimum absolute atomic E-state index is 0.00548. The second-order valence-corrected chi connectivity index (χ2v) is 17.6. The fraction of sp³-hybridized carbons (Fsp3) is 0.486. The van der Waals surface area contributed by atoms with Crippen molar-refractivity contribution in [3.63, 3.8) is 0 Å². The van der Waals surface area contributed by atoms with Gasteiger partial charge in [-0.25, -0.2) is 16.8 Å². The van der Waals surface area contributed by atoms with E-state index in [1.807, 2.05) is 37.3 Å². The number of aliphatic hydroxyl groups excluding tert-OH is 2. The minimum Gasteiger partial charge on any atom is -0.491 e. The number of piperidine rings is 1. The van der Waals surface area contributed by atoms with E-state index in [0.717, 1.165) is 16.7 Å². The van der Waals surface area contributed by atoms with Gasteiger partial charge in [0.1, 0.15) is 18.5 Å². The summed E-state index contributed by atoms with van der Waals surface area (Å²) in [5, 5.41) is 23.5. The highest BCUT2D eigenvalue weighted by Crippen LogP contribution is 2.46. The largest absolute Gasteiger partial charge is 0.491 e. The smallest absolute Gasteiger partial charge is 0.243 e. The fourth-order valence-corrected chi connectivity index (χ4v) is 10.3. The van der Waals surface area contributed by atoms with Gasteiger partial charge in [-0.3, -0.25) is 0 Å². The molecule has 0 radical (unpaired) electrons. The molecule has 2 aliphatic heterocycles. The van der Waals surface area contributed by atoms with Gasteiger partial charge in [0.2, 0.25) is 10.0 Å². The standard InChI is InChI=1S/C35H45N3O8S2/c1-25-32(27-10-8-26(20-36)9-11-27)6-3-7-33(25)48(43,44)38-16-14-34(15-17-38)19-28(22-46-34)37-21-29(40)23-45-30-4-2-5-31(18-30)47(41,42)35(24-39)12-13-35/h2-11,18,28-29,37,39-40H,12-17,19-24,36H2,1H3. The van der Waals surface area contributed by atoms with Crippen molar-refractivity contribution in [2.24, 2.45) is 5.73 Å². The lowest BCUT2D eigenvalue weighted by atomic mass is 9.88. The summed E-state index contributed by atoms with van der Waals surface area (Å²) in [4.78, 5) is 0.413. The zero-order chi connectivity index (χ0) is 34.2. The molecule has 1 spiro atoms. The molecule has 1 aliphatic carbocycles. The maximum atomic E-state index is 13.8. The number of nitrogens with one attached hydrogen (secondary N) is 1. The van der Waals surface area contributed by atoms with Gasteiger partial charge in [0.05, 0.1) is 33.4 Å². The third kappa shape index (κ3) is 6.92. The summed E-state index contributed by atoms with van der Waals surface area (Å²) >= 11 is 0. The van der Waals surface area contributed by atoms with Crippen LogP contribution in [-0.4, -0.2) is 93.3 Å². The van der Waals surface area contributed by atoms with Gasteiger partial charge in [0, 0.05) is 32.2 Å². The first-order valence-corrected chi connectivity index (χ1v) is 19.4. The normalized spacial score (nSPS) is 21.3. The minimum atomic E-state index is -3.71. The van der Waals surface area contributed by atoms with Crippen LogP contribution < -0.4 is 15.8 Å². The second-order valence-electron chi connectivity index (χ2n) is 13.3. The number of hydrogen-bond donors (Lipinski definition) is 4. The fourth-order valence-electron chi connectivity index (χ4n) is 6.81. The lowest BCUT2D eigenvalue weighted by molar-refractivity contribution is -0.0312. The van der Waals surface area contributed by atoms with Gasteiger partial charge >= 0.3 is 0 Å². The summed E-state index contributed by atoms with van der Waals surface area (Å²) in [6.07, 6.45) is 1.88. The lowest BCUT2D eigenvalue weighted by Gasteiger charge is -2.38. The Hall–Kier alpha value is -2.88. The predicted molar refractivity (Wildman–Crippen MR) is 182 cm³/mol. The van der Waals surface area contributed by atoms with Gasteiger partial charge in [-0.1, -0.05) is 42.5 Å². The Kier molecular flexibility index (Phi) is 10.0. The number of hydrogen-bond acceptors (Lipinski definition) is 10. The molecule has 11 nitrogen and oxygen atoms in total. The van der Waals surface area contributed by atoms with Crippen LogP contribution in [0.1, 0.15) is 43.2 Å². The Morgan fingerprint density at radius 2 is 1.73 bits per heavy atom. The topological polar surface area (TPSA) is 168 Å². The number of nitrogens with zero attached hydrogens (tertiary/aromatic N) is 1. The number of aliphatic hydroxyl groups is 2. The van der Waals surface area contributed by atoms with E-state index in [2.05, 4.69) is 5.32 Å². The molecule has 3 fully saturated rings. The lowest BCUT2D eigenvalue weighted by Crippen LogP contribution is -2.47. The molecule has 260 valence electrons. The Bertz CT molecular complexity index is 1820. The molecule has 2 heterocycles. The Morgan fingerprint density at radius 1 is 1.02 bits per heavy atom. The summed E-state index contributed by atoms with van der Waals surface area (Å²) in [5.41, 5.74) is 8.86. The Labute approximate surface area is 283 Å². The van der Waals surface area contributed by atoms with Crippen molar-refractivity contribution in [3.8, 4) is 16.9 Å². The zero-order valence-electron chi connectivity index (χ0n) is 27.2. The molecule has 2 atom stereocenters. The van der Waals surface area contributed by atoms with Crippen LogP contribution in [0.15, 0.2) is 76.5 Å². The highest BCUT2D eigenvalue weighted by Gasteiger charge is 2.54. The molecule has 2 unspecified atom stereocenters. The quantitative estimate of drug-likeness (QED) is 0.208. The highest BCUT2D eigenvalue weighted by molar-refractivity contribution is 7.93. The molecule has 6 rings (SSSR count). The van der Waals surface area contributed by atoms with Crippen LogP contribution in [0, 0.1) is 6.92 Å². The molecule has 3 aromatic rings. The molecule has 48 heavy (non-hydrogen) atoms. The van der Waals surface area contributed by atoms with E-state index in [0.29, 0.717) is 74.6 Å². The monoisotopic (exact) mass is 699 g/mol. The molecule has 0 amide bonds. The summed E-state index contributed by atoms with van der Waals surface area (Å²) in [6.45, 7) is 3.27. The zero-order valence-corrected chi connectivity index (χ0v) is 28.8. The van der Waals surface area contributed by atoms with Crippen molar-refractivity contribution >= 4 is 19.9 Å². The van der Waals surface area contributed by atoms with E-state index < -0.39 is 42.9 Å². The van der Waals surface area contributed by atoms with E-state index >= 15 is 0 Å². The van der Waals surface area contributed by atoms with Crippen LogP contribution in [0.2, 0.25) is 0 Å². The summed E-state index contributed by atoms with van der Waals surface area (Å²) in [7, 11) is -7.39. The first-order chi connectivity index (χ1) is 22.9. The third-order valence-electron chi connectivity index (χ3n) is 10.1. The van der Waals surface area contributed by atoms with Crippen LogP contribution in [0.25, 0.3) is 11.1 Å². The number of sulfone groups is 1. The number of sulfonamides is 1. The summed E-state index contributed by atoms with van der Waals surface area (Å²) in [5.74, 6) is 0.330. The van der Waals surface area contributed by atoms with Crippen molar-refractivity contribution in [1.29, 1.82) is 0 Å². The van der Waals surface area contributed by atoms with Crippen LogP contribution in [0.5, 0.6) is 5.75 Å². The van der Waals surface area contributed by atoms with Gasteiger partial charge < -0.3 is 30.7 Å². The van der Waals surface area contributed by atoms with E-state index in [1.54, 1.807) is 28.6 Å². The molecule has 3 aromatic carbocycles. The first kappa shape index (κ1) is 35.0. The van der Waals surface area contributed by atoms with Crippen LogP contribution in [-0.2, 0) is 31.1 Å². The molecule has 5 N–H and O–H groups in total. The molecule has 0 bridgehead atoms. The van der Waals surface area contributed by atoms with Gasteiger partial charge in [0.15, 0.2) is 9.84 Å². The Balaban J connectivity index is 0.991. The molecule has 13 heteroatoms. The molecule has 2 saturated heterocycles. The SMILES string of the molecule is Cc1c(-c2ccc(CN)cc2)cccc1S(=O)(=O)N1CCC2(CC1)CC(NCC(O)COc1cccc(S(=O)(=O)C3(CO)CC3)c1)CO2. The van der Waals surface area contributed by atoms with E-state index in [-0.39, 0.29) is 24.1 Å². The number of benzene rings is 3.